The minimum absolute atomic E-state index is 0.249. The lowest BCUT2D eigenvalue weighted by Gasteiger charge is -2.10. The summed E-state index contributed by atoms with van der Waals surface area (Å²) in [5.41, 5.74) is 8.48. The van der Waals surface area contributed by atoms with Crippen molar-refractivity contribution in [3.8, 4) is 0 Å². The number of nitrogens with two attached hydrogens (primary N) is 1. The molecular formula is C12H15N. The van der Waals surface area contributed by atoms with E-state index >= 15 is 0 Å². The maximum absolute atomic E-state index is 6.07. The van der Waals surface area contributed by atoms with Gasteiger partial charge in [-0.25, -0.2) is 0 Å². The van der Waals surface area contributed by atoms with Crippen molar-refractivity contribution in [2.24, 2.45) is 11.7 Å². The largest absolute Gasteiger partial charge is 0.324 e. The number of rotatable bonds is 3. The SMILES string of the molecule is C=Cc1ccc([C@H](N)C2CC2)cc1. The zero-order valence-electron chi connectivity index (χ0n) is 7.74. The summed E-state index contributed by atoms with van der Waals surface area (Å²) in [4.78, 5) is 0. The van der Waals surface area contributed by atoms with Crippen molar-refractivity contribution >= 4 is 6.08 Å². The molecule has 0 spiro atoms. The average molecular weight is 173 g/mol. The monoisotopic (exact) mass is 173 g/mol. The Morgan fingerprint density at radius 3 is 2.38 bits per heavy atom. The summed E-state index contributed by atoms with van der Waals surface area (Å²) in [5.74, 6) is 0.731. The van der Waals surface area contributed by atoms with Crippen LogP contribution < -0.4 is 5.73 Å². The molecule has 1 nitrogen and oxygen atoms in total. The average Bonchev–Trinajstić information content (AvgIpc) is 3.00. The Morgan fingerprint density at radius 1 is 1.31 bits per heavy atom. The van der Waals surface area contributed by atoms with Gasteiger partial charge in [0.1, 0.15) is 0 Å². The van der Waals surface area contributed by atoms with Crippen molar-refractivity contribution in [3.63, 3.8) is 0 Å². The van der Waals surface area contributed by atoms with Crippen molar-refractivity contribution in [1.82, 2.24) is 0 Å². The predicted octanol–water partition coefficient (Wildman–Crippen LogP) is 2.74. The second kappa shape index (κ2) is 3.35. The van der Waals surface area contributed by atoms with Gasteiger partial charge in [-0.05, 0) is 29.9 Å². The van der Waals surface area contributed by atoms with Gasteiger partial charge in [0.05, 0.1) is 0 Å². The Bertz CT molecular complexity index is 295. The van der Waals surface area contributed by atoms with Crippen LogP contribution in [0.1, 0.15) is 30.0 Å². The third-order valence-electron chi connectivity index (χ3n) is 2.69. The summed E-state index contributed by atoms with van der Waals surface area (Å²) < 4.78 is 0. The van der Waals surface area contributed by atoms with Gasteiger partial charge < -0.3 is 5.73 Å². The first-order valence-electron chi connectivity index (χ1n) is 4.79. The van der Waals surface area contributed by atoms with E-state index in [1.165, 1.54) is 18.4 Å². The molecule has 1 aliphatic carbocycles. The van der Waals surface area contributed by atoms with Gasteiger partial charge in [-0.2, -0.15) is 0 Å². The molecule has 0 amide bonds. The first-order chi connectivity index (χ1) is 6.31. The summed E-state index contributed by atoms with van der Waals surface area (Å²) in [6, 6.07) is 8.62. The first-order valence-corrected chi connectivity index (χ1v) is 4.79. The molecule has 1 aliphatic rings. The van der Waals surface area contributed by atoms with Crippen molar-refractivity contribution in [2.75, 3.05) is 0 Å². The Hall–Kier alpha value is -1.08. The van der Waals surface area contributed by atoms with E-state index < -0.39 is 0 Å². The van der Waals surface area contributed by atoms with Gasteiger partial charge >= 0.3 is 0 Å². The topological polar surface area (TPSA) is 26.0 Å². The molecule has 0 aromatic heterocycles. The maximum Gasteiger partial charge on any atom is 0.0323 e. The highest BCUT2D eigenvalue weighted by Gasteiger charge is 2.29. The smallest absolute Gasteiger partial charge is 0.0323 e. The lowest BCUT2D eigenvalue weighted by atomic mass is 10.0. The van der Waals surface area contributed by atoms with Crippen LogP contribution in [0, 0.1) is 5.92 Å². The predicted molar refractivity (Wildman–Crippen MR) is 56.2 cm³/mol. The maximum atomic E-state index is 6.07. The Balaban J connectivity index is 2.16. The molecule has 0 aliphatic heterocycles. The van der Waals surface area contributed by atoms with E-state index in [-0.39, 0.29) is 6.04 Å². The summed E-state index contributed by atoms with van der Waals surface area (Å²) in [5, 5.41) is 0. The van der Waals surface area contributed by atoms with Crippen LogP contribution in [0.2, 0.25) is 0 Å². The van der Waals surface area contributed by atoms with Gasteiger partial charge in [0.25, 0.3) is 0 Å². The standard InChI is InChI=1S/C12H15N/c1-2-9-3-5-10(6-4-9)12(13)11-7-8-11/h2-6,11-12H,1,7-8,13H2/t12-/m0/s1. The van der Waals surface area contributed by atoms with Gasteiger partial charge in [-0.1, -0.05) is 36.9 Å². The molecule has 2 rings (SSSR count). The van der Waals surface area contributed by atoms with E-state index in [1.54, 1.807) is 0 Å². The quantitative estimate of drug-likeness (QED) is 0.747. The number of hydrogen-bond acceptors (Lipinski definition) is 1. The molecule has 1 aromatic carbocycles. The molecule has 0 bridgehead atoms. The molecule has 1 saturated carbocycles. The van der Waals surface area contributed by atoms with Crippen molar-refractivity contribution in [2.45, 2.75) is 18.9 Å². The Labute approximate surface area is 79.3 Å². The number of benzene rings is 1. The molecule has 0 saturated heterocycles. The summed E-state index contributed by atoms with van der Waals surface area (Å²) in [6.07, 6.45) is 4.45. The van der Waals surface area contributed by atoms with Crippen LogP contribution >= 0.6 is 0 Å². The minimum atomic E-state index is 0.249. The second-order valence-corrected chi connectivity index (χ2v) is 3.73. The fourth-order valence-corrected chi connectivity index (χ4v) is 1.58. The van der Waals surface area contributed by atoms with Gasteiger partial charge in [-0.15, -0.1) is 0 Å². The number of hydrogen-bond donors (Lipinski definition) is 1. The fourth-order valence-electron chi connectivity index (χ4n) is 1.58. The van der Waals surface area contributed by atoms with Gasteiger partial charge in [0.15, 0.2) is 0 Å². The minimum Gasteiger partial charge on any atom is -0.324 e. The zero-order chi connectivity index (χ0) is 9.26. The van der Waals surface area contributed by atoms with Crippen LogP contribution in [0.15, 0.2) is 30.8 Å². The van der Waals surface area contributed by atoms with Crippen LogP contribution in [0.25, 0.3) is 6.08 Å². The van der Waals surface area contributed by atoms with Gasteiger partial charge in [-0.3, -0.25) is 0 Å². The fraction of sp³-hybridized carbons (Fsp3) is 0.333. The Kier molecular flexibility index (Phi) is 2.19. The Morgan fingerprint density at radius 2 is 1.92 bits per heavy atom. The molecule has 13 heavy (non-hydrogen) atoms. The zero-order valence-corrected chi connectivity index (χ0v) is 7.74. The first kappa shape index (κ1) is 8.52. The van der Waals surface area contributed by atoms with E-state index in [0.717, 1.165) is 11.5 Å². The highest BCUT2D eigenvalue weighted by Crippen LogP contribution is 2.39. The lowest BCUT2D eigenvalue weighted by molar-refractivity contribution is 0.633. The summed E-state index contributed by atoms with van der Waals surface area (Å²) >= 11 is 0. The van der Waals surface area contributed by atoms with Crippen LogP contribution in [0.3, 0.4) is 0 Å². The van der Waals surface area contributed by atoms with E-state index in [4.69, 9.17) is 5.73 Å². The van der Waals surface area contributed by atoms with Crippen molar-refractivity contribution < 1.29 is 0 Å². The van der Waals surface area contributed by atoms with E-state index in [2.05, 4.69) is 30.8 Å². The highest BCUT2D eigenvalue weighted by molar-refractivity contribution is 5.47. The molecule has 0 unspecified atom stereocenters. The molecular weight excluding hydrogens is 158 g/mol. The molecule has 0 radical (unpaired) electrons. The van der Waals surface area contributed by atoms with Crippen LogP contribution in [0.5, 0.6) is 0 Å². The van der Waals surface area contributed by atoms with E-state index in [0.29, 0.717) is 0 Å². The van der Waals surface area contributed by atoms with Crippen molar-refractivity contribution in [1.29, 1.82) is 0 Å². The third-order valence-corrected chi connectivity index (χ3v) is 2.69. The van der Waals surface area contributed by atoms with Crippen LogP contribution in [-0.2, 0) is 0 Å². The van der Waals surface area contributed by atoms with Crippen molar-refractivity contribution in [3.05, 3.63) is 42.0 Å². The molecule has 1 aromatic rings. The molecule has 2 N–H and O–H groups in total. The second-order valence-electron chi connectivity index (χ2n) is 3.73. The third kappa shape index (κ3) is 1.81. The highest BCUT2D eigenvalue weighted by atomic mass is 14.7. The van der Waals surface area contributed by atoms with Crippen LogP contribution in [-0.4, -0.2) is 0 Å². The summed E-state index contributed by atoms with van der Waals surface area (Å²) in [6.45, 7) is 3.72. The molecule has 1 heteroatoms. The van der Waals surface area contributed by atoms with E-state index in [9.17, 15) is 0 Å². The van der Waals surface area contributed by atoms with Gasteiger partial charge in [0, 0.05) is 6.04 Å². The molecule has 68 valence electrons. The summed E-state index contributed by atoms with van der Waals surface area (Å²) in [7, 11) is 0. The van der Waals surface area contributed by atoms with Gasteiger partial charge in [0.2, 0.25) is 0 Å². The lowest BCUT2D eigenvalue weighted by Crippen LogP contribution is -2.11. The molecule has 1 atom stereocenters. The molecule has 0 heterocycles. The molecule has 1 fully saturated rings. The van der Waals surface area contributed by atoms with Crippen LogP contribution in [0.4, 0.5) is 0 Å². The normalized spacial score (nSPS) is 18.2. The van der Waals surface area contributed by atoms with E-state index in [1.807, 2.05) is 6.08 Å².